The van der Waals surface area contributed by atoms with Gasteiger partial charge in [0.1, 0.15) is 11.8 Å². The van der Waals surface area contributed by atoms with Crippen molar-refractivity contribution in [3.05, 3.63) is 30.3 Å². The number of aliphatic hydroxyl groups is 1. The molecule has 2 aromatic rings. The van der Waals surface area contributed by atoms with E-state index in [1.165, 1.54) is 0 Å². The lowest BCUT2D eigenvalue weighted by molar-refractivity contribution is 0.152. The van der Waals surface area contributed by atoms with E-state index in [0.717, 1.165) is 0 Å². The molecule has 0 aliphatic heterocycles. The third-order valence-corrected chi connectivity index (χ3v) is 1.69. The Morgan fingerprint density at radius 3 is 2.86 bits per heavy atom. The second kappa shape index (κ2) is 3.55. The molecular formula is C9H9N3O2. The highest BCUT2D eigenvalue weighted by atomic mass is 16.5. The van der Waals surface area contributed by atoms with Crippen molar-refractivity contribution >= 4 is 0 Å². The van der Waals surface area contributed by atoms with Crippen LogP contribution in [0.15, 0.2) is 28.9 Å². The monoisotopic (exact) mass is 191 g/mol. The van der Waals surface area contributed by atoms with Crippen LogP contribution < -0.4 is 0 Å². The highest BCUT2D eigenvalue weighted by molar-refractivity contribution is 5.47. The molecule has 5 nitrogen and oxygen atoms in total. The molecule has 1 N–H and O–H groups in total. The van der Waals surface area contributed by atoms with E-state index in [4.69, 9.17) is 9.63 Å². The van der Waals surface area contributed by atoms with Crippen LogP contribution in [0.1, 0.15) is 18.9 Å². The molecule has 0 bridgehead atoms. The van der Waals surface area contributed by atoms with Crippen LogP contribution in [-0.4, -0.2) is 20.2 Å². The van der Waals surface area contributed by atoms with Crippen LogP contribution in [0.2, 0.25) is 0 Å². The average Bonchev–Trinajstić information content (AvgIpc) is 2.68. The Bertz CT molecular complexity index is 411. The molecule has 2 rings (SSSR count). The van der Waals surface area contributed by atoms with Crippen molar-refractivity contribution in [2.24, 2.45) is 0 Å². The van der Waals surface area contributed by atoms with Crippen LogP contribution >= 0.6 is 0 Å². The first-order valence-corrected chi connectivity index (χ1v) is 4.20. The second-order valence-electron chi connectivity index (χ2n) is 2.85. The largest absolute Gasteiger partial charge is 0.384 e. The summed E-state index contributed by atoms with van der Waals surface area (Å²) < 4.78 is 4.83. The Morgan fingerprint density at radius 2 is 2.29 bits per heavy atom. The standard InChI is InChI=1S/C9H9N3O2/c1-6(13)9-11-8(12-14-9)7-4-2-3-5-10-7/h2-6,13H,1H3. The molecule has 14 heavy (non-hydrogen) atoms. The molecule has 0 amide bonds. The van der Waals surface area contributed by atoms with Crippen molar-refractivity contribution in [2.75, 3.05) is 0 Å². The Hall–Kier alpha value is -1.75. The molecule has 5 heteroatoms. The number of aromatic nitrogens is 3. The third-order valence-electron chi connectivity index (χ3n) is 1.69. The molecular weight excluding hydrogens is 182 g/mol. The number of aliphatic hydroxyl groups excluding tert-OH is 1. The highest BCUT2D eigenvalue weighted by Crippen LogP contribution is 2.15. The summed E-state index contributed by atoms with van der Waals surface area (Å²) in [5, 5.41) is 12.9. The summed E-state index contributed by atoms with van der Waals surface area (Å²) in [7, 11) is 0. The van der Waals surface area contributed by atoms with Gasteiger partial charge in [0.05, 0.1) is 0 Å². The zero-order valence-electron chi connectivity index (χ0n) is 7.58. The maximum atomic E-state index is 9.17. The van der Waals surface area contributed by atoms with Gasteiger partial charge in [-0.1, -0.05) is 11.2 Å². The van der Waals surface area contributed by atoms with Gasteiger partial charge in [-0.3, -0.25) is 4.98 Å². The Morgan fingerprint density at radius 1 is 1.43 bits per heavy atom. The Kier molecular flexibility index (Phi) is 2.24. The molecule has 2 aromatic heterocycles. The minimum absolute atomic E-state index is 0.200. The number of pyridine rings is 1. The molecule has 0 aliphatic carbocycles. The lowest BCUT2D eigenvalue weighted by Gasteiger charge is -1.92. The van der Waals surface area contributed by atoms with Gasteiger partial charge in [0.2, 0.25) is 5.82 Å². The molecule has 1 unspecified atom stereocenters. The van der Waals surface area contributed by atoms with Gasteiger partial charge in [0.25, 0.3) is 5.89 Å². The summed E-state index contributed by atoms with van der Waals surface area (Å²) in [4.78, 5) is 8.04. The number of hydrogen-bond donors (Lipinski definition) is 1. The van der Waals surface area contributed by atoms with E-state index in [1.807, 2.05) is 6.07 Å². The molecule has 0 fully saturated rings. The van der Waals surface area contributed by atoms with Crippen molar-refractivity contribution in [1.82, 2.24) is 15.1 Å². The molecule has 0 aromatic carbocycles. The summed E-state index contributed by atoms with van der Waals surface area (Å²) in [6.45, 7) is 1.57. The average molecular weight is 191 g/mol. The quantitative estimate of drug-likeness (QED) is 0.771. The fourth-order valence-electron chi connectivity index (χ4n) is 1.00. The molecule has 0 saturated heterocycles. The maximum absolute atomic E-state index is 9.17. The minimum Gasteiger partial charge on any atom is -0.384 e. The summed E-state index contributed by atoms with van der Waals surface area (Å²) in [6, 6.07) is 5.41. The number of hydrogen-bond acceptors (Lipinski definition) is 5. The molecule has 1 atom stereocenters. The van der Waals surface area contributed by atoms with E-state index in [1.54, 1.807) is 25.3 Å². The van der Waals surface area contributed by atoms with E-state index in [-0.39, 0.29) is 5.89 Å². The summed E-state index contributed by atoms with van der Waals surface area (Å²) >= 11 is 0. The lowest BCUT2D eigenvalue weighted by Crippen LogP contribution is -1.90. The van der Waals surface area contributed by atoms with Crippen LogP contribution in [0.25, 0.3) is 11.5 Å². The van der Waals surface area contributed by atoms with Crippen LogP contribution in [0.4, 0.5) is 0 Å². The van der Waals surface area contributed by atoms with Gasteiger partial charge in [-0.15, -0.1) is 0 Å². The predicted octanol–water partition coefficient (Wildman–Crippen LogP) is 1.18. The molecule has 0 aliphatic rings. The van der Waals surface area contributed by atoms with Crippen molar-refractivity contribution in [2.45, 2.75) is 13.0 Å². The number of rotatable bonds is 2. The predicted molar refractivity (Wildman–Crippen MR) is 48.2 cm³/mol. The van der Waals surface area contributed by atoms with Crippen LogP contribution in [0.5, 0.6) is 0 Å². The van der Waals surface area contributed by atoms with E-state index >= 15 is 0 Å². The molecule has 0 spiro atoms. The maximum Gasteiger partial charge on any atom is 0.255 e. The van der Waals surface area contributed by atoms with E-state index < -0.39 is 6.10 Å². The zero-order valence-corrected chi connectivity index (χ0v) is 7.58. The van der Waals surface area contributed by atoms with Gasteiger partial charge in [-0.2, -0.15) is 4.98 Å². The normalized spacial score (nSPS) is 12.7. The van der Waals surface area contributed by atoms with E-state index in [9.17, 15) is 0 Å². The summed E-state index contributed by atoms with van der Waals surface area (Å²) in [6.07, 6.45) is 0.897. The van der Waals surface area contributed by atoms with E-state index in [2.05, 4.69) is 15.1 Å². The smallest absolute Gasteiger partial charge is 0.255 e. The fourth-order valence-corrected chi connectivity index (χ4v) is 1.00. The Balaban J connectivity index is 2.34. The van der Waals surface area contributed by atoms with Crippen LogP contribution in [-0.2, 0) is 0 Å². The van der Waals surface area contributed by atoms with Crippen LogP contribution in [0.3, 0.4) is 0 Å². The molecule has 0 radical (unpaired) electrons. The fraction of sp³-hybridized carbons (Fsp3) is 0.222. The highest BCUT2D eigenvalue weighted by Gasteiger charge is 2.12. The molecule has 72 valence electrons. The van der Waals surface area contributed by atoms with Gasteiger partial charge in [0, 0.05) is 6.20 Å². The first-order chi connectivity index (χ1) is 6.77. The first kappa shape index (κ1) is 8.83. The summed E-state index contributed by atoms with van der Waals surface area (Å²) in [5.41, 5.74) is 0.628. The summed E-state index contributed by atoms with van der Waals surface area (Å²) in [5.74, 6) is 0.590. The van der Waals surface area contributed by atoms with Crippen molar-refractivity contribution < 1.29 is 9.63 Å². The van der Waals surface area contributed by atoms with Crippen molar-refractivity contribution in [3.63, 3.8) is 0 Å². The number of nitrogens with zero attached hydrogens (tertiary/aromatic N) is 3. The lowest BCUT2D eigenvalue weighted by atomic mass is 10.3. The SMILES string of the molecule is CC(O)c1nc(-c2ccccn2)no1. The van der Waals surface area contributed by atoms with Gasteiger partial charge >= 0.3 is 0 Å². The Labute approximate surface area is 80.4 Å². The van der Waals surface area contributed by atoms with Crippen molar-refractivity contribution in [1.29, 1.82) is 0 Å². The minimum atomic E-state index is -0.750. The van der Waals surface area contributed by atoms with Gasteiger partial charge in [-0.05, 0) is 19.1 Å². The van der Waals surface area contributed by atoms with E-state index in [0.29, 0.717) is 11.5 Å². The van der Waals surface area contributed by atoms with Crippen molar-refractivity contribution in [3.8, 4) is 11.5 Å². The second-order valence-corrected chi connectivity index (χ2v) is 2.85. The molecule has 0 saturated carbocycles. The van der Waals surface area contributed by atoms with Gasteiger partial charge in [0.15, 0.2) is 0 Å². The van der Waals surface area contributed by atoms with Crippen LogP contribution in [0, 0.1) is 0 Å². The molecule has 2 heterocycles. The topological polar surface area (TPSA) is 72.0 Å². The third kappa shape index (κ3) is 1.62. The zero-order chi connectivity index (χ0) is 9.97. The first-order valence-electron chi connectivity index (χ1n) is 4.20. The van der Waals surface area contributed by atoms with Gasteiger partial charge < -0.3 is 9.63 Å². The van der Waals surface area contributed by atoms with Gasteiger partial charge in [-0.25, -0.2) is 0 Å².